The van der Waals surface area contributed by atoms with Gasteiger partial charge in [0.2, 0.25) is 11.8 Å². The maximum absolute atomic E-state index is 12.7. The lowest BCUT2D eigenvalue weighted by Gasteiger charge is -2.17. The molecule has 29 heavy (non-hydrogen) atoms. The van der Waals surface area contributed by atoms with E-state index in [2.05, 4.69) is 17.2 Å². The van der Waals surface area contributed by atoms with Crippen LogP contribution in [0.4, 0.5) is 5.69 Å². The predicted octanol–water partition coefficient (Wildman–Crippen LogP) is 3.10. The minimum atomic E-state index is -0.339. The molecule has 1 fully saturated rings. The Morgan fingerprint density at radius 2 is 1.97 bits per heavy atom. The van der Waals surface area contributed by atoms with Crippen LogP contribution in [0.2, 0.25) is 0 Å². The van der Waals surface area contributed by atoms with Crippen LogP contribution in [0, 0.1) is 5.92 Å². The van der Waals surface area contributed by atoms with E-state index in [0.717, 1.165) is 23.4 Å². The maximum Gasteiger partial charge on any atom is 0.227 e. The number of hydrogen-bond donors (Lipinski definition) is 1. The molecule has 1 aromatic heterocycles. The van der Waals surface area contributed by atoms with Crippen LogP contribution in [-0.4, -0.2) is 27.9 Å². The van der Waals surface area contributed by atoms with Crippen LogP contribution in [0.15, 0.2) is 67.3 Å². The average molecular weight is 388 g/mol. The molecular weight excluding hydrogens is 364 g/mol. The lowest BCUT2D eigenvalue weighted by Crippen LogP contribution is -2.32. The molecule has 6 heteroatoms. The summed E-state index contributed by atoms with van der Waals surface area (Å²) < 4.78 is 1.92. The van der Waals surface area contributed by atoms with Crippen LogP contribution in [0.3, 0.4) is 0 Å². The van der Waals surface area contributed by atoms with Gasteiger partial charge in [-0.1, -0.05) is 37.3 Å². The van der Waals surface area contributed by atoms with Gasteiger partial charge in [-0.05, 0) is 35.7 Å². The van der Waals surface area contributed by atoms with Gasteiger partial charge in [-0.25, -0.2) is 4.98 Å². The zero-order valence-corrected chi connectivity index (χ0v) is 16.4. The van der Waals surface area contributed by atoms with Crippen LogP contribution in [0.5, 0.6) is 0 Å². The van der Waals surface area contributed by atoms with Gasteiger partial charge in [-0.15, -0.1) is 0 Å². The molecule has 1 aliphatic heterocycles. The van der Waals surface area contributed by atoms with E-state index in [1.54, 1.807) is 17.4 Å². The SMILES string of the molecule is CCc1ccc(N2CC(C(=O)NCc3ccccc3-n3ccnc3)CC2=O)cc1. The molecule has 4 rings (SSSR count). The lowest BCUT2D eigenvalue weighted by atomic mass is 10.1. The highest BCUT2D eigenvalue weighted by Crippen LogP contribution is 2.26. The van der Waals surface area contributed by atoms with Crippen molar-refractivity contribution < 1.29 is 9.59 Å². The third-order valence-electron chi connectivity index (χ3n) is 5.38. The van der Waals surface area contributed by atoms with Gasteiger partial charge in [-0.3, -0.25) is 9.59 Å². The Bertz CT molecular complexity index is 996. The fourth-order valence-electron chi connectivity index (χ4n) is 3.68. The summed E-state index contributed by atoms with van der Waals surface area (Å²) in [6.45, 7) is 2.92. The lowest BCUT2D eigenvalue weighted by molar-refractivity contribution is -0.126. The van der Waals surface area contributed by atoms with Crippen molar-refractivity contribution in [2.45, 2.75) is 26.3 Å². The number of amides is 2. The summed E-state index contributed by atoms with van der Waals surface area (Å²) in [5.74, 6) is -0.437. The van der Waals surface area contributed by atoms with Crippen LogP contribution in [0.1, 0.15) is 24.5 Å². The highest BCUT2D eigenvalue weighted by Gasteiger charge is 2.35. The Morgan fingerprint density at radius 1 is 1.17 bits per heavy atom. The zero-order chi connectivity index (χ0) is 20.2. The van der Waals surface area contributed by atoms with E-state index in [0.29, 0.717) is 13.1 Å². The van der Waals surface area contributed by atoms with Gasteiger partial charge in [0.1, 0.15) is 0 Å². The fraction of sp³-hybridized carbons (Fsp3) is 0.261. The molecule has 0 aliphatic carbocycles. The Kier molecular flexibility index (Phi) is 5.42. The topological polar surface area (TPSA) is 67.2 Å². The first kappa shape index (κ1) is 18.9. The minimum absolute atomic E-state index is 0.00628. The second-order valence-corrected chi connectivity index (χ2v) is 7.24. The quantitative estimate of drug-likeness (QED) is 0.706. The van der Waals surface area contributed by atoms with Gasteiger partial charge >= 0.3 is 0 Å². The van der Waals surface area contributed by atoms with E-state index in [4.69, 9.17) is 0 Å². The Labute approximate surface area is 170 Å². The fourth-order valence-corrected chi connectivity index (χ4v) is 3.68. The number of para-hydroxylation sites is 1. The Balaban J connectivity index is 1.40. The number of aromatic nitrogens is 2. The van der Waals surface area contributed by atoms with E-state index in [1.165, 1.54) is 5.56 Å². The minimum Gasteiger partial charge on any atom is -0.352 e. The summed E-state index contributed by atoms with van der Waals surface area (Å²) >= 11 is 0. The second kappa shape index (κ2) is 8.31. The summed E-state index contributed by atoms with van der Waals surface area (Å²) in [5.41, 5.74) is 4.06. The van der Waals surface area contributed by atoms with E-state index in [1.807, 2.05) is 59.3 Å². The second-order valence-electron chi connectivity index (χ2n) is 7.24. The van der Waals surface area contributed by atoms with Crippen molar-refractivity contribution in [1.82, 2.24) is 14.9 Å². The van der Waals surface area contributed by atoms with Gasteiger partial charge in [-0.2, -0.15) is 0 Å². The number of aryl methyl sites for hydroxylation is 1. The standard InChI is InChI=1S/C23H24N4O2/c1-2-17-7-9-20(10-8-17)27-15-19(13-22(27)28)23(29)25-14-18-5-3-4-6-21(18)26-12-11-24-16-26/h3-12,16,19H,2,13-15H2,1H3,(H,25,29). The molecule has 1 saturated heterocycles. The molecule has 3 aromatic rings. The maximum atomic E-state index is 12.7. The number of benzene rings is 2. The van der Waals surface area contributed by atoms with Crippen molar-refractivity contribution in [2.75, 3.05) is 11.4 Å². The Morgan fingerprint density at radius 3 is 2.69 bits per heavy atom. The highest BCUT2D eigenvalue weighted by atomic mass is 16.2. The van der Waals surface area contributed by atoms with Crippen LogP contribution >= 0.6 is 0 Å². The van der Waals surface area contributed by atoms with Crippen LogP contribution in [-0.2, 0) is 22.6 Å². The number of nitrogens with zero attached hydrogens (tertiary/aromatic N) is 3. The van der Waals surface area contributed by atoms with E-state index in [-0.39, 0.29) is 24.2 Å². The van der Waals surface area contributed by atoms with E-state index in [9.17, 15) is 9.59 Å². The molecule has 1 N–H and O–H groups in total. The molecule has 6 nitrogen and oxygen atoms in total. The van der Waals surface area contributed by atoms with Crippen molar-refractivity contribution in [2.24, 2.45) is 5.92 Å². The molecule has 0 radical (unpaired) electrons. The normalized spacial score (nSPS) is 16.2. The van der Waals surface area contributed by atoms with Crippen molar-refractivity contribution in [1.29, 1.82) is 0 Å². The molecule has 1 aliphatic rings. The van der Waals surface area contributed by atoms with Crippen molar-refractivity contribution in [3.8, 4) is 5.69 Å². The molecule has 1 atom stereocenters. The third kappa shape index (κ3) is 4.06. The first-order valence-corrected chi connectivity index (χ1v) is 9.89. The molecule has 2 amide bonds. The third-order valence-corrected chi connectivity index (χ3v) is 5.38. The van der Waals surface area contributed by atoms with Crippen LogP contribution < -0.4 is 10.2 Å². The van der Waals surface area contributed by atoms with Gasteiger partial charge < -0.3 is 14.8 Å². The number of anilines is 1. The number of carbonyl (C=O) groups excluding carboxylic acids is 2. The van der Waals surface area contributed by atoms with E-state index >= 15 is 0 Å². The summed E-state index contributed by atoms with van der Waals surface area (Å²) in [6.07, 6.45) is 6.53. The number of imidazole rings is 1. The molecule has 2 aromatic carbocycles. The number of rotatable bonds is 6. The predicted molar refractivity (Wildman–Crippen MR) is 112 cm³/mol. The first-order valence-electron chi connectivity index (χ1n) is 9.89. The van der Waals surface area contributed by atoms with Crippen molar-refractivity contribution in [3.63, 3.8) is 0 Å². The molecular formula is C23H24N4O2. The largest absolute Gasteiger partial charge is 0.352 e. The molecule has 2 heterocycles. The highest BCUT2D eigenvalue weighted by molar-refractivity contribution is 6.00. The summed E-state index contributed by atoms with van der Waals surface area (Å²) in [4.78, 5) is 31.0. The zero-order valence-electron chi connectivity index (χ0n) is 16.4. The van der Waals surface area contributed by atoms with E-state index < -0.39 is 0 Å². The molecule has 0 spiro atoms. The average Bonchev–Trinajstić information content (AvgIpc) is 3.42. The molecule has 148 valence electrons. The molecule has 1 unspecified atom stereocenters. The smallest absolute Gasteiger partial charge is 0.227 e. The van der Waals surface area contributed by atoms with Gasteiger partial charge in [0.15, 0.2) is 0 Å². The summed E-state index contributed by atoms with van der Waals surface area (Å²) in [7, 11) is 0. The van der Waals surface area contributed by atoms with Gasteiger partial charge in [0.25, 0.3) is 0 Å². The van der Waals surface area contributed by atoms with Crippen molar-refractivity contribution in [3.05, 3.63) is 78.4 Å². The van der Waals surface area contributed by atoms with Gasteiger partial charge in [0.05, 0.1) is 17.9 Å². The molecule has 0 bridgehead atoms. The number of carbonyl (C=O) groups is 2. The molecule has 0 saturated carbocycles. The number of nitrogens with one attached hydrogen (secondary N) is 1. The van der Waals surface area contributed by atoms with Gasteiger partial charge in [0, 0.05) is 37.6 Å². The first-order chi connectivity index (χ1) is 14.2. The Hall–Kier alpha value is -3.41. The van der Waals surface area contributed by atoms with Crippen molar-refractivity contribution >= 4 is 17.5 Å². The summed E-state index contributed by atoms with van der Waals surface area (Å²) in [5, 5.41) is 3.00. The monoisotopic (exact) mass is 388 g/mol. The number of hydrogen-bond acceptors (Lipinski definition) is 3. The summed E-state index contributed by atoms with van der Waals surface area (Å²) in [6, 6.07) is 15.9. The van der Waals surface area contributed by atoms with Crippen LogP contribution in [0.25, 0.3) is 5.69 Å².